The number of hydrogen-bond donors (Lipinski definition) is 0. The number of aromatic nitrogens is 1. The van der Waals surface area contributed by atoms with Gasteiger partial charge in [0.25, 0.3) is 0 Å². The SMILES string of the molecule is COC(=O)c1ccnc(F)c1-c1cccc(C(F)(F)F)c1. The highest BCUT2D eigenvalue weighted by Gasteiger charge is 2.31. The van der Waals surface area contributed by atoms with E-state index >= 15 is 0 Å². The summed E-state index contributed by atoms with van der Waals surface area (Å²) in [6.07, 6.45) is -3.53. The van der Waals surface area contributed by atoms with Crippen LogP contribution in [0.1, 0.15) is 15.9 Å². The molecule has 0 amide bonds. The molecule has 1 heterocycles. The zero-order chi connectivity index (χ0) is 15.6. The quantitative estimate of drug-likeness (QED) is 0.482. The van der Waals surface area contributed by atoms with E-state index in [9.17, 15) is 22.4 Å². The highest BCUT2D eigenvalue weighted by molar-refractivity contribution is 5.97. The second-order valence-electron chi connectivity index (χ2n) is 4.09. The van der Waals surface area contributed by atoms with E-state index in [1.165, 1.54) is 12.1 Å². The van der Waals surface area contributed by atoms with Crippen LogP contribution >= 0.6 is 0 Å². The van der Waals surface area contributed by atoms with Crippen LogP contribution in [0.5, 0.6) is 0 Å². The number of hydrogen-bond acceptors (Lipinski definition) is 3. The summed E-state index contributed by atoms with van der Waals surface area (Å²) in [6.45, 7) is 0. The fourth-order valence-electron chi connectivity index (χ4n) is 1.84. The molecule has 3 nitrogen and oxygen atoms in total. The first kappa shape index (κ1) is 15.0. The van der Waals surface area contributed by atoms with Crippen LogP contribution in [-0.2, 0) is 10.9 Å². The van der Waals surface area contributed by atoms with Gasteiger partial charge in [-0.2, -0.15) is 17.6 Å². The third-order valence-corrected chi connectivity index (χ3v) is 2.79. The predicted octanol–water partition coefficient (Wildman–Crippen LogP) is 3.69. The van der Waals surface area contributed by atoms with Crippen molar-refractivity contribution < 1.29 is 27.1 Å². The maximum Gasteiger partial charge on any atom is 0.416 e. The van der Waals surface area contributed by atoms with Gasteiger partial charge in [-0.15, -0.1) is 0 Å². The topological polar surface area (TPSA) is 39.2 Å². The molecule has 2 rings (SSSR count). The lowest BCUT2D eigenvalue weighted by Crippen LogP contribution is -2.08. The lowest BCUT2D eigenvalue weighted by atomic mass is 9.99. The molecule has 0 saturated heterocycles. The number of methoxy groups -OCH3 is 1. The van der Waals surface area contributed by atoms with E-state index in [4.69, 9.17) is 0 Å². The van der Waals surface area contributed by atoms with Gasteiger partial charge in [0.15, 0.2) is 0 Å². The van der Waals surface area contributed by atoms with Gasteiger partial charge in [-0.05, 0) is 23.8 Å². The van der Waals surface area contributed by atoms with E-state index in [-0.39, 0.29) is 16.7 Å². The van der Waals surface area contributed by atoms with Gasteiger partial charge in [0.2, 0.25) is 5.95 Å². The minimum absolute atomic E-state index is 0.101. The van der Waals surface area contributed by atoms with Gasteiger partial charge in [0, 0.05) is 6.20 Å². The zero-order valence-corrected chi connectivity index (χ0v) is 10.7. The molecule has 0 saturated carbocycles. The molecule has 2 aromatic rings. The van der Waals surface area contributed by atoms with E-state index in [2.05, 4.69) is 9.72 Å². The Kier molecular flexibility index (Phi) is 3.93. The average Bonchev–Trinajstić information content (AvgIpc) is 2.45. The number of esters is 1. The second-order valence-corrected chi connectivity index (χ2v) is 4.09. The third-order valence-electron chi connectivity index (χ3n) is 2.79. The molecular formula is C14H9F4NO2. The lowest BCUT2D eigenvalue weighted by Gasteiger charge is -2.11. The molecule has 1 aromatic carbocycles. The number of carbonyl (C=O) groups is 1. The number of ether oxygens (including phenoxy) is 1. The molecule has 7 heteroatoms. The first-order chi connectivity index (χ1) is 9.84. The molecule has 0 N–H and O–H groups in total. The summed E-state index contributed by atoms with van der Waals surface area (Å²) >= 11 is 0. The molecule has 0 aliphatic carbocycles. The Morgan fingerprint density at radius 1 is 1.24 bits per heavy atom. The van der Waals surface area contributed by atoms with Crippen molar-refractivity contribution in [3.63, 3.8) is 0 Å². The van der Waals surface area contributed by atoms with Crippen molar-refractivity contribution in [2.24, 2.45) is 0 Å². The molecular weight excluding hydrogens is 290 g/mol. The maximum absolute atomic E-state index is 13.9. The highest BCUT2D eigenvalue weighted by Crippen LogP contribution is 2.33. The van der Waals surface area contributed by atoms with E-state index in [1.807, 2.05) is 0 Å². The van der Waals surface area contributed by atoms with Gasteiger partial charge in [0.1, 0.15) is 0 Å². The fraction of sp³-hybridized carbons (Fsp3) is 0.143. The van der Waals surface area contributed by atoms with Crippen LogP contribution in [0, 0.1) is 5.95 Å². The number of rotatable bonds is 2. The molecule has 21 heavy (non-hydrogen) atoms. The molecule has 0 aliphatic rings. The Labute approximate surface area is 117 Å². The summed E-state index contributed by atoms with van der Waals surface area (Å²) in [5, 5.41) is 0. The molecule has 0 atom stereocenters. The van der Waals surface area contributed by atoms with Gasteiger partial charge in [0.05, 0.1) is 23.8 Å². The highest BCUT2D eigenvalue weighted by atomic mass is 19.4. The summed E-state index contributed by atoms with van der Waals surface area (Å²) in [4.78, 5) is 15.0. The number of benzene rings is 1. The molecule has 0 aliphatic heterocycles. The van der Waals surface area contributed by atoms with E-state index in [0.717, 1.165) is 31.5 Å². The molecule has 110 valence electrons. The van der Waals surface area contributed by atoms with Crippen molar-refractivity contribution in [1.82, 2.24) is 4.98 Å². The van der Waals surface area contributed by atoms with Crippen molar-refractivity contribution in [1.29, 1.82) is 0 Å². The van der Waals surface area contributed by atoms with Gasteiger partial charge in [-0.3, -0.25) is 0 Å². The largest absolute Gasteiger partial charge is 0.465 e. The monoisotopic (exact) mass is 299 g/mol. The van der Waals surface area contributed by atoms with Crippen LogP contribution in [0.4, 0.5) is 17.6 Å². The standard InChI is InChI=1S/C14H9F4NO2/c1-21-13(20)10-5-6-19-12(15)11(10)8-3-2-4-9(7-8)14(16,17)18/h2-7H,1H3. The van der Waals surface area contributed by atoms with Gasteiger partial charge >= 0.3 is 12.1 Å². The normalized spacial score (nSPS) is 11.3. The van der Waals surface area contributed by atoms with Crippen LogP contribution in [0.15, 0.2) is 36.5 Å². The maximum atomic E-state index is 13.9. The van der Waals surface area contributed by atoms with Crippen molar-refractivity contribution in [2.45, 2.75) is 6.18 Å². The molecule has 1 aromatic heterocycles. The molecule has 0 spiro atoms. The first-order valence-corrected chi connectivity index (χ1v) is 5.75. The Bertz CT molecular complexity index is 683. The Hall–Kier alpha value is -2.44. The van der Waals surface area contributed by atoms with Crippen LogP contribution in [-0.4, -0.2) is 18.1 Å². The van der Waals surface area contributed by atoms with Crippen LogP contribution in [0.2, 0.25) is 0 Å². The van der Waals surface area contributed by atoms with Gasteiger partial charge < -0.3 is 4.74 Å². The van der Waals surface area contributed by atoms with Crippen molar-refractivity contribution in [3.05, 3.63) is 53.6 Å². The molecule has 0 radical (unpaired) electrons. The van der Waals surface area contributed by atoms with Gasteiger partial charge in [-0.1, -0.05) is 12.1 Å². The van der Waals surface area contributed by atoms with Crippen molar-refractivity contribution >= 4 is 5.97 Å². The smallest absolute Gasteiger partial charge is 0.416 e. The van der Waals surface area contributed by atoms with Crippen LogP contribution in [0.3, 0.4) is 0 Å². The minimum atomic E-state index is -4.57. The van der Waals surface area contributed by atoms with E-state index < -0.39 is 23.7 Å². The number of carbonyl (C=O) groups excluding carboxylic acids is 1. The number of nitrogens with zero attached hydrogens (tertiary/aromatic N) is 1. The number of alkyl halides is 3. The van der Waals surface area contributed by atoms with Crippen molar-refractivity contribution in [3.8, 4) is 11.1 Å². The summed E-state index contributed by atoms with van der Waals surface area (Å²) in [5.74, 6) is -1.90. The summed E-state index contributed by atoms with van der Waals surface area (Å²) in [5.41, 5.74) is -1.56. The summed E-state index contributed by atoms with van der Waals surface area (Å²) < 4.78 is 56.5. The Balaban J connectivity index is 2.65. The Morgan fingerprint density at radius 3 is 2.57 bits per heavy atom. The van der Waals surface area contributed by atoms with Gasteiger partial charge in [-0.25, -0.2) is 9.78 Å². The minimum Gasteiger partial charge on any atom is -0.465 e. The first-order valence-electron chi connectivity index (χ1n) is 5.75. The van der Waals surface area contributed by atoms with Crippen LogP contribution in [0.25, 0.3) is 11.1 Å². The third kappa shape index (κ3) is 3.01. The van der Waals surface area contributed by atoms with Crippen LogP contribution < -0.4 is 0 Å². The average molecular weight is 299 g/mol. The van der Waals surface area contributed by atoms with E-state index in [0.29, 0.717) is 0 Å². The second kappa shape index (κ2) is 5.51. The Morgan fingerprint density at radius 2 is 1.95 bits per heavy atom. The number of pyridine rings is 1. The lowest BCUT2D eigenvalue weighted by molar-refractivity contribution is -0.137. The van der Waals surface area contributed by atoms with E-state index in [1.54, 1.807) is 0 Å². The zero-order valence-electron chi connectivity index (χ0n) is 10.7. The fourth-order valence-corrected chi connectivity index (χ4v) is 1.84. The molecule has 0 bridgehead atoms. The predicted molar refractivity (Wildman–Crippen MR) is 66.0 cm³/mol. The molecule has 0 fully saturated rings. The summed E-state index contributed by atoms with van der Waals surface area (Å²) in [6, 6.07) is 5.19. The number of halogens is 4. The summed E-state index contributed by atoms with van der Waals surface area (Å²) in [7, 11) is 1.09. The van der Waals surface area contributed by atoms with Crippen molar-refractivity contribution in [2.75, 3.05) is 7.11 Å². The molecule has 0 unspecified atom stereocenters.